The first-order valence-electron chi connectivity index (χ1n) is 7.81. The third kappa shape index (κ3) is 4.31. The summed E-state index contributed by atoms with van der Waals surface area (Å²) < 4.78 is 24.3. The van der Waals surface area contributed by atoms with Crippen molar-refractivity contribution in [1.29, 1.82) is 0 Å². The molecule has 2 heterocycles. The van der Waals surface area contributed by atoms with Crippen molar-refractivity contribution in [2.75, 3.05) is 37.8 Å². The zero-order chi connectivity index (χ0) is 17.3. The van der Waals surface area contributed by atoms with Crippen LogP contribution in [-0.4, -0.2) is 66.9 Å². The Morgan fingerprint density at radius 2 is 1.96 bits per heavy atom. The van der Waals surface area contributed by atoms with Gasteiger partial charge >= 0.3 is 0 Å². The van der Waals surface area contributed by atoms with E-state index in [0.717, 1.165) is 12.8 Å². The summed E-state index contributed by atoms with van der Waals surface area (Å²) in [6.07, 6.45) is 3.20. The van der Waals surface area contributed by atoms with Crippen molar-refractivity contribution in [2.24, 2.45) is 5.92 Å². The number of anilines is 1. The molecule has 132 valence electrons. The number of amides is 2. The summed E-state index contributed by atoms with van der Waals surface area (Å²) >= 11 is 1.31. The van der Waals surface area contributed by atoms with Crippen molar-refractivity contribution in [3.63, 3.8) is 0 Å². The number of rotatable bonds is 5. The molecule has 1 saturated heterocycles. The van der Waals surface area contributed by atoms with Crippen LogP contribution in [0.1, 0.15) is 18.5 Å². The van der Waals surface area contributed by atoms with Crippen molar-refractivity contribution < 1.29 is 18.0 Å². The minimum Gasteiger partial charge on any atom is -0.340 e. The molecule has 1 aliphatic heterocycles. The summed E-state index contributed by atoms with van der Waals surface area (Å²) in [4.78, 5) is 29.9. The molecule has 2 aliphatic rings. The summed E-state index contributed by atoms with van der Waals surface area (Å²) in [7, 11) is -3.20. The molecular formula is C14H20N4O4S2. The first kappa shape index (κ1) is 17.3. The van der Waals surface area contributed by atoms with Crippen LogP contribution in [0.3, 0.4) is 0 Å². The van der Waals surface area contributed by atoms with Gasteiger partial charge in [0.15, 0.2) is 5.13 Å². The standard InChI is InChI=1S/C14H20N4O4S2/c1-24(21,22)18-6-4-17(5-7-18)12(19)8-11-9-23-14(15-11)16-13(20)10-2-3-10/h9-10H,2-8H2,1H3,(H,15,16,20). The minimum atomic E-state index is -3.20. The highest BCUT2D eigenvalue weighted by molar-refractivity contribution is 7.88. The number of hydrogen-bond acceptors (Lipinski definition) is 6. The summed E-state index contributed by atoms with van der Waals surface area (Å²) in [5.74, 6) is 0.0396. The average molecular weight is 372 g/mol. The molecule has 0 atom stereocenters. The van der Waals surface area contributed by atoms with Gasteiger partial charge in [-0.3, -0.25) is 9.59 Å². The Hall–Kier alpha value is -1.52. The normalized spacial score (nSPS) is 19.3. The quantitative estimate of drug-likeness (QED) is 0.792. The Morgan fingerprint density at radius 1 is 1.29 bits per heavy atom. The number of aromatic nitrogens is 1. The summed E-state index contributed by atoms with van der Waals surface area (Å²) in [6, 6.07) is 0. The largest absolute Gasteiger partial charge is 0.340 e. The summed E-state index contributed by atoms with van der Waals surface area (Å²) in [6.45, 7) is 1.43. The van der Waals surface area contributed by atoms with Crippen LogP contribution in [0.25, 0.3) is 0 Å². The molecule has 0 aromatic carbocycles. The Bertz CT molecular complexity index is 734. The second-order valence-corrected chi connectivity index (χ2v) is 8.97. The van der Waals surface area contributed by atoms with Gasteiger partial charge in [-0.2, -0.15) is 4.31 Å². The molecular weight excluding hydrogens is 352 g/mol. The van der Waals surface area contributed by atoms with E-state index < -0.39 is 10.0 Å². The Labute approximate surface area is 144 Å². The zero-order valence-electron chi connectivity index (χ0n) is 13.4. The number of hydrogen-bond donors (Lipinski definition) is 1. The number of thiazole rings is 1. The number of nitrogens with zero attached hydrogens (tertiary/aromatic N) is 3. The van der Waals surface area contributed by atoms with Gasteiger partial charge in [0.05, 0.1) is 18.4 Å². The van der Waals surface area contributed by atoms with Gasteiger partial charge in [0, 0.05) is 37.5 Å². The smallest absolute Gasteiger partial charge is 0.229 e. The lowest BCUT2D eigenvalue weighted by atomic mass is 10.2. The number of nitrogens with one attached hydrogen (secondary N) is 1. The van der Waals surface area contributed by atoms with Crippen molar-refractivity contribution in [3.05, 3.63) is 11.1 Å². The number of piperazine rings is 1. The van der Waals surface area contributed by atoms with E-state index in [0.29, 0.717) is 37.0 Å². The van der Waals surface area contributed by atoms with E-state index in [2.05, 4.69) is 10.3 Å². The van der Waals surface area contributed by atoms with Gasteiger partial charge in [0.1, 0.15) is 0 Å². The van der Waals surface area contributed by atoms with Crippen LogP contribution in [0.2, 0.25) is 0 Å². The lowest BCUT2D eigenvalue weighted by Crippen LogP contribution is -2.50. The van der Waals surface area contributed by atoms with Crippen LogP contribution in [0.15, 0.2) is 5.38 Å². The van der Waals surface area contributed by atoms with E-state index in [1.54, 1.807) is 10.3 Å². The Kier molecular flexibility index (Phi) is 4.88. The molecule has 0 spiro atoms. The van der Waals surface area contributed by atoms with Crippen LogP contribution in [0.4, 0.5) is 5.13 Å². The first-order valence-corrected chi connectivity index (χ1v) is 10.5. The summed E-state index contributed by atoms with van der Waals surface area (Å²) in [5, 5.41) is 5.07. The van der Waals surface area contributed by atoms with Crippen LogP contribution in [-0.2, 0) is 26.0 Å². The highest BCUT2D eigenvalue weighted by atomic mass is 32.2. The van der Waals surface area contributed by atoms with Gasteiger partial charge in [-0.05, 0) is 12.8 Å². The highest BCUT2D eigenvalue weighted by Crippen LogP contribution is 2.30. The second kappa shape index (κ2) is 6.77. The number of sulfonamides is 1. The fraction of sp³-hybridized carbons (Fsp3) is 0.643. The van der Waals surface area contributed by atoms with Gasteiger partial charge in [-0.15, -0.1) is 11.3 Å². The molecule has 2 amide bonds. The van der Waals surface area contributed by atoms with Gasteiger partial charge < -0.3 is 10.2 Å². The number of carbonyl (C=O) groups is 2. The fourth-order valence-electron chi connectivity index (χ4n) is 2.53. The molecule has 1 aromatic rings. The molecule has 10 heteroatoms. The number of carbonyl (C=O) groups excluding carboxylic acids is 2. The molecule has 1 aliphatic carbocycles. The van der Waals surface area contributed by atoms with Crippen molar-refractivity contribution in [3.8, 4) is 0 Å². The van der Waals surface area contributed by atoms with E-state index in [4.69, 9.17) is 0 Å². The first-order chi connectivity index (χ1) is 11.3. The maximum absolute atomic E-state index is 12.3. The Balaban J connectivity index is 1.50. The van der Waals surface area contributed by atoms with Gasteiger partial charge in [0.25, 0.3) is 0 Å². The topological polar surface area (TPSA) is 99.7 Å². The predicted octanol–water partition coefficient (Wildman–Crippen LogP) is 0.138. The van der Waals surface area contributed by atoms with E-state index in [1.165, 1.54) is 21.9 Å². The van der Waals surface area contributed by atoms with Crippen molar-refractivity contribution in [2.45, 2.75) is 19.3 Å². The molecule has 1 saturated carbocycles. The zero-order valence-corrected chi connectivity index (χ0v) is 15.0. The molecule has 0 bridgehead atoms. The predicted molar refractivity (Wildman–Crippen MR) is 90.2 cm³/mol. The molecule has 0 unspecified atom stereocenters. The second-order valence-electron chi connectivity index (χ2n) is 6.13. The molecule has 0 radical (unpaired) electrons. The van der Waals surface area contributed by atoms with Crippen LogP contribution >= 0.6 is 11.3 Å². The van der Waals surface area contributed by atoms with Crippen molar-refractivity contribution in [1.82, 2.24) is 14.2 Å². The third-order valence-corrected chi connectivity index (χ3v) is 6.23. The highest BCUT2D eigenvalue weighted by Gasteiger charge is 2.30. The maximum atomic E-state index is 12.3. The van der Waals surface area contributed by atoms with Crippen LogP contribution in [0, 0.1) is 5.92 Å². The lowest BCUT2D eigenvalue weighted by molar-refractivity contribution is -0.131. The third-order valence-electron chi connectivity index (χ3n) is 4.12. The lowest BCUT2D eigenvalue weighted by Gasteiger charge is -2.33. The average Bonchev–Trinajstić information content (AvgIpc) is 3.29. The van der Waals surface area contributed by atoms with Crippen LogP contribution in [0.5, 0.6) is 0 Å². The van der Waals surface area contributed by atoms with Crippen molar-refractivity contribution >= 4 is 38.3 Å². The van der Waals surface area contributed by atoms with E-state index >= 15 is 0 Å². The van der Waals surface area contributed by atoms with E-state index in [-0.39, 0.29) is 24.2 Å². The molecule has 2 fully saturated rings. The van der Waals surface area contributed by atoms with E-state index in [9.17, 15) is 18.0 Å². The minimum absolute atomic E-state index is 0.000812. The maximum Gasteiger partial charge on any atom is 0.229 e. The molecule has 1 aromatic heterocycles. The summed E-state index contributed by atoms with van der Waals surface area (Å²) in [5.41, 5.74) is 0.627. The van der Waals surface area contributed by atoms with Gasteiger partial charge in [0.2, 0.25) is 21.8 Å². The molecule has 3 rings (SSSR count). The van der Waals surface area contributed by atoms with Gasteiger partial charge in [-0.1, -0.05) is 0 Å². The van der Waals surface area contributed by atoms with E-state index in [1.807, 2.05) is 0 Å². The Morgan fingerprint density at radius 3 is 2.54 bits per heavy atom. The fourth-order valence-corrected chi connectivity index (χ4v) is 4.07. The van der Waals surface area contributed by atoms with Crippen LogP contribution < -0.4 is 5.32 Å². The molecule has 8 nitrogen and oxygen atoms in total. The molecule has 1 N–H and O–H groups in total. The SMILES string of the molecule is CS(=O)(=O)N1CCN(C(=O)Cc2csc(NC(=O)C3CC3)n2)CC1. The van der Waals surface area contributed by atoms with Gasteiger partial charge in [-0.25, -0.2) is 13.4 Å². The molecule has 24 heavy (non-hydrogen) atoms. The monoisotopic (exact) mass is 372 g/mol.